The van der Waals surface area contributed by atoms with E-state index in [0.717, 1.165) is 44.2 Å². The van der Waals surface area contributed by atoms with E-state index in [4.69, 9.17) is 5.11 Å². The third kappa shape index (κ3) is 3.26. The van der Waals surface area contributed by atoms with E-state index in [0.29, 0.717) is 17.6 Å². The highest BCUT2D eigenvalue weighted by molar-refractivity contribution is 5.89. The van der Waals surface area contributed by atoms with Gasteiger partial charge in [0, 0.05) is 37.3 Å². The number of carbonyl (C=O) groups excluding carboxylic acids is 1. The highest BCUT2D eigenvalue weighted by atomic mass is 16.3. The van der Waals surface area contributed by atoms with Crippen LogP contribution in [0.4, 0.5) is 4.79 Å². The molecule has 2 aromatic rings. The lowest BCUT2D eigenvalue weighted by Crippen LogP contribution is -2.52. The average Bonchev–Trinajstić information content (AvgIpc) is 3.09. The number of para-hydroxylation sites is 2. The van der Waals surface area contributed by atoms with Gasteiger partial charge in [-0.1, -0.05) is 12.1 Å². The van der Waals surface area contributed by atoms with Crippen LogP contribution in [0.25, 0.3) is 11.0 Å². The Bertz CT molecular complexity index is 902. The Hall–Kier alpha value is -2.12. The normalized spacial score (nSPS) is 24.9. The van der Waals surface area contributed by atoms with Crippen LogP contribution < -0.4 is 11.0 Å². The highest BCUT2D eigenvalue weighted by Gasteiger charge is 2.40. The number of fused-ring (bicyclic) bond motifs is 3. The second kappa shape index (κ2) is 7.72. The van der Waals surface area contributed by atoms with Gasteiger partial charge in [0.2, 0.25) is 0 Å². The van der Waals surface area contributed by atoms with E-state index in [-0.39, 0.29) is 30.4 Å². The van der Waals surface area contributed by atoms with Crippen molar-refractivity contribution in [2.24, 2.45) is 0 Å². The van der Waals surface area contributed by atoms with Gasteiger partial charge in [-0.25, -0.2) is 14.2 Å². The van der Waals surface area contributed by atoms with Crippen molar-refractivity contribution in [2.75, 3.05) is 13.2 Å². The first-order chi connectivity index (χ1) is 13.5. The summed E-state index contributed by atoms with van der Waals surface area (Å²) >= 11 is 0. The number of carbonyl (C=O) groups is 1. The van der Waals surface area contributed by atoms with Crippen molar-refractivity contribution in [2.45, 2.75) is 70.1 Å². The third-order valence-corrected chi connectivity index (χ3v) is 6.29. The largest absolute Gasteiger partial charge is 0.396 e. The molecule has 4 rings (SSSR count). The van der Waals surface area contributed by atoms with Gasteiger partial charge in [-0.3, -0.25) is 9.47 Å². The number of nitrogens with zero attached hydrogens (tertiary/aromatic N) is 3. The number of benzene rings is 1. The summed E-state index contributed by atoms with van der Waals surface area (Å²) < 4.78 is 2.96. The van der Waals surface area contributed by atoms with E-state index in [9.17, 15) is 9.59 Å². The quantitative estimate of drug-likeness (QED) is 0.827. The number of rotatable bonds is 5. The van der Waals surface area contributed by atoms with Crippen LogP contribution >= 0.6 is 0 Å². The highest BCUT2D eigenvalue weighted by Crippen LogP contribution is 2.35. The molecule has 0 spiro atoms. The first-order valence-electron chi connectivity index (χ1n) is 10.4. The Kier molecular flexibility index (Phi) is 5.29. The molecular weight excluding hydrogens is 356 g/mol. The van der Waals surface area contributed by atoms with Crippen molar-refractivity contribution in [3.8, 4) is 0 Å². The molecule has 0 aliphatic carbocycles. The van der Waals surface area contributed by atoms with Gasteiger partial charge in [-0.2, -0.15) is 0 Å². The predicted molar refractivity (Wildman–Crippen MR) is 109 cm³/mol. The maximum atomic E-state index is 13.1. The molecule has 7 nitrogen and oxygen atoms in total. The molecule has 28 heavy (non-hydrogen) atoms. The monoisotopic (exact) mass is 386 g/mol. The summed E-state index contributed by atoms with van der Waals surface area (Å²) in [5, 5.41) is 12.3. The molecule has 2 atom stereocenters. The van der Waals surface area contributed by atoms with Gasteiger partial charge in [0.05, 0.1) is 11.0 Å². The van der Waals surface area contributed by atoms with E-state index >= 15 is 0 Å². The fourth-order valence-corrected chi connectivity index (χ4v) is 5.12. The maximum absolute atomic E-state index is 13.1. The summed E-state index contributed by atoms with van der Waals surface area (Å²) in [6, 6.07) is 8.14. The smallest absolute Gasteiger partial charge is 0.337 e. The minimum Gasteiger partial charge on any atom is -0.396 e. The minimum atomic E-state index is -0.325. The van der Waals surface area contributed by atoms with Gasteiger partial charge in [-0.05, 0) is 58.1 Å². The Morgan fingerprint density at radius 2 is 1.82 bits per heavy atom. The molecule has 2 aliphatic heterocycles. The molecule has 1 aromatic carbocycles. The molecule has 2 saturated heterocycles. The number of hydrogen-bond donors (Lipinski definition) is 2. The van der Waals surface area contributed by atoms with Gasteiger partial charge in [-0.15, -0.1) is 0 Å². The van der Waals surface area contributed by atoms with Crippen LogP contribution in [0, 0.1) is 0 Å². The Labute approximate surface area is 164 Å². The molecule has 2 bridgehead atoms. The third-order valence-electron chi connectivity index (χ3n) is 6.29. The zero-order valence-electron chi connectivity index (χ0n) is 16.7. The lowest BCUT2D eigenvalue weighted by molar-refractivity contribution is 0.109. The van der Waals surface area contributed by atoms with Crippen molar-refractivity contribution < 1.29 is 9.90 Å². The Morgan fingerprint density at radius 3 is 2.43 bits per heavy atom. The SMILES string of the molecule is CC(C)n1c(=O)n(C(=O)NC2CC3CCC(C2)N3CCCO)c2ccccc21. The lowest BCUT2D eigenvalue weighted by atomic mass is 9.97. The van der Waals surface area contributed by atoms with Crippen molar-refractivity contribution in [1.82, 2.24) is 19.4 Å². The number of nitrogens with one attached hydrogen (secondary N) is 1. The molecule has 2 fully saturated rings. The van der Waals surface area contributed by atoms with Crippen LogP contribution in [0.15, 0.2) is 29.1 Å². The van der Waals surface area contributed by atoms with Crippen molar-refractivity contribution in [3.63, 3.8) is 0 Å². The Balaban J connectivity index is 1.54. The van der Waals surface area contributed by atoms with Crippen molar-refractivity contribution >= 4 is 17.1 Å². The van der Waals surface area contributed by atoms with Gasteiger partial charge in [0.15, 0.2) is 0 Å². The van der Waals surface area contributed by atoms with Crippen LogP contribution in [0.1, 0.15) is 52.0 Å². The molecule has 1 aromatic heterocycles. The van der Waals surface area contributed by atoms with Crippen LogP contribution in [0.5, 0.6) is 0 Å². The zero-order valence-corrected chi connectivity index (χ0v) is 16.7. The number of amides is 1. The molecule has 0 radical (unpaired) electrons. The maximum Gasteiger partial charge on any atom is 0.337 e. The minimum absolute atomic E-state index is 0.0166. The average molecular weight is 386 g/mol. The fraction of sp³-hybridized carbons (Fsp3) is 0.619. The van der Waals surface area contributed by atoms with Crippen LogP contribution in [0.3, 0.4) is 0 Å². The van der Waals surface area contributed by atoms with E-state index in [1.165, 1.54) is 4.57 Å². The topological polar surface area (TPSA) is 79.5 Å². The fourth-order valence-electron chi connectivity index (χ4n) is 5.12. The number of aromatic nitrogens is 2. The molecule has 152 valence electrons. The first kappa shape index (κ1) is 19.2. The predicted octanol–water partition coefficient (Wildman–Crippen LogP) is 2.32. The second-order valence-electron chi connectivity index (χ2n) is 8.39. The summed E-state index contributed by atoms with van der Waals surface area (Å²) in [5.74, 6) is 0. The molecule has 3 heterocycles. The van der Waals surface area contributed by atoms with Crippen LogP contribution in [0.2, 0.25) is 0 Å². The summed E-state index contributed by atoms with van der Waals surface area (Å²) in [6.07, 6.45) is 4.91. The summed E-state index contributed by atoms with van der Waals surface area (Å²) in [5.41, 5.74) is 1.16. The molecule has 2 N–H and O–H groups in total. The van der Waals surface area contributed by atoms with Crippen LogP contribution in [-0.4, -0.2) is 56.4 Å². The molecule has 7 heteroatoms. The molecule has 2 unspecified atom stereocenters. The molecule has 1 amide bonds. The van der Waals surface area contributed by atoms with E-state index in [1.54, 1.807) is 4.57 Å². The number of piperidine rings is 1. The van der Waals surface area contributed by atoms with E-state index in [1.807, 2.05) is 38.1 Å². The summed E-state index contributed by atoms with van der Waals surface area (Å²) in [6.45, 7) is 5.05. The van der Waals surface area contributed by atoms with Crippen molar-refractivity contribution in [3.05, 3.63) is 34.7 Å². The molecule has 2 aliphatic rings. The Morgan fingerprint density at radius 1 is 1.18 bits per heavy atom. The number of aliphatic hydroxyl groups is 1. The van der Waals surface area contributed by atoms with Gasteiger partial charge in [0.25, 0.3) is 0 Å². The first-order valence-corrected chi connectivity index (χ1v) is 10.4. The summed E-state index contributed by atoms with van der Waals surface area (Å²) in [7, 11) is 0. The molecule has 0 saturated carbocycles. The van der Waals surface area contributed by atoms with Gasteiger partial charge < -0.3 is 10.4 Å². The van der Waals surface area contributed by atoms with Gasteiger partial charge >= 0.3 is 11.7 Å². The van der Waals surface area contributed by atoms with E-state index in [2.05, 4.69) is 10.2 Å². The lowest BCUT2D eigenvalue weighted by Gasteiger charge is -2.39. The van der Waals surface area contributed by atoms with Crippen molar-refractivity contribution in [1.29, 1.82) is 0 Å². The number of imidazole rings is 1. The zero-order chi connectivity index (χ0) is 19.8. The van der Waals surface area contributed by atoms with E-state index < -0.39 is 0 Å². The number of aliphatic hydroxyl groups excluding tert-OH is 1. The molecular formula is C21H30N4O3. The number of hydrogen-bond acceptors (Lipinski definition) is 4. The van der Waals surface area contributed by atoms with Crippen LogP contribution in [-0.2, 0) is 0 Å². The van der Waals surface area contributed by atoms with Gasteiger partial charge in [0.1, 0.15) is 0 Å². The second-order valence-corrected chi connectivity index (χ2v) is 8.39. The summed E-state index contributed by atoms with van der Waals surface area (Å²) in [4.78, 5) is 28.5. The standard InChI is InChI=1S/C21H30N4O3/c1-14(2)24-18-6-3-4-7-19(18)25(21(24)28)20(27)22-15-12-16-8-9-17(13-15)23(16)10-5-11-26/h3-4,6-7,14-17,26H,5,8-13H2,1-2H3,(H,22,27).